The van der Waals surface area contributed by atoms with Crippen molar-refractivity contribution >= 4 is 10.0 Å². The van der Waals surface area contributed by atoms with E-state index in [0.29, 0.717) is 24.7 Å². The molecule has 0 aliphatic carbocycles. The van der Waals surface area contributed by atoms with Gasteiger partial charge in [-0.05, 0) is 19.8 Å². The predicted molar refractivity (Wildman–Crippen MR) is 88.9 cm³/mol. The Morgan fingerprint density at radius 3 is 2.80 bits per heavy atom. The van der Waals surface area contributed by atoms with Crippen molar-refractivity contribution in [2.24, 2.45) is 7.05 Å². The van der Waals surface area contributed by atoms with Gasteiger partial charge in [0.25, 0.3) is 10.0 Å². The molecule has 0 N–H and O–H groups in total. The van der Waals surface area contributed by atoms with Gasteiger partial charge in [-0.25, -0.2) is 18.4 Å². The van der Waals surface area contributed by atoms with E-state index in [1.165, 1.54) is 23.8 Å². The van der Waals surface area contributed by atoms with Crippen molar-refractivity contribution in [1.29, 1.82) is 0 Å². The lowest BCUT2D eigenvalue weighted by Crippen LogP contribution is -2.44. The largest absolute Gasteiger partial charge is 0.473 e. The van der Waals surface area contributed by atoms with Crippen LogP contribution in [0.3, 0.4) is 0 Å². The van der Waals surface area contributed by atoms with Gasteiger partial charge in [-0.3, -0.25) is 0 Å². The molecule has 3 rings (SSSR count). The highest BCUT2D eigenvalue weighted by molar-refractivity contribution is 7.89. The molecule has 0 amide bonds. The Bertz CT molecular complexity index is 832. The fourth-order valence-electron chi connectivity index (χ4n) is 2.66. The number of aromatic nitrogens is 4. The Labute approximate surface area is 146 Å². The number of hydrogen-bond acceptors (Lipinski definition) is 7. The molecule has 0 radical (unpaired) electrons. The Balaban J connectivity index is 1.74. The molecule has 2 aromatic heterocycles. The summed E-state index contributed by atoms with van der Waals surface area (Å²) in [6, 6.07) is 1.83. The van der Waals surface area contributed by atoms with Gasteiger partial charge in [-0.15, -0.1) is 0 Å². The van der Waals surface area contributed by atoms with Crippen molar-refractivity contribution < 1.29 is 17.9 Å². The van der Waals surface area contributed by atoms with E-state index in [2.05, 4.69) is 15.0 Å². The molecule has 9 nitrogen and oxygen atoms in total. The van der Waals surface area contributed by atoms with Gasteiger partial charge >= 0.3 is 6.01 Å². The second kappa shape index (κ2) is 6.96. The van der Waals surface area contributed by atoms with Gasteiger partial charge < -0.3 is 14.0 Å². The Morgan fingerprint density at radius 2 is 2.12 bits per heavy atom. The maximum absolute atomic E-state index is 12.8. The second-order valence-corrected chi connectivity index (χ2v) is 7.75. The molecule has 0 saturated carbocycles. The van der Waals surface area contributed by atoms with Crippen LogP contribution >= 0.6 is 0 Å². The van der Waals surface area contributed by atoms with Gasteiger partial charge in [-0.2, -0.15) is 9.29 Å². The number of methoxy groups -OCH3 is 1. The minimum absolute atomic E-state index is 0.0665. The van der Waals surface area contributed by atoms with Crippen LogP contribution < -0.4 is 9.47 Å². The quantitative estimate of drug-likeness (QED) is 0.769. The first kappa shape index (κ1) is 17.6. The SMILES string of the molecule is COc1nccc(OC2CCCN(S(=O)(=O)c3cn(C)c(C)n3)C2)n1. The van der Waals surface area contributed by atoms with Crippen LogP contribution in [0, 0.1) is 6.92 Å². The number of imidazole rings is 1. The van der Waals surface area contributed by atoms with E-state index in [9.17, 15) is 8.42 Å². The third-order valence-electron chi connectivity index (χ3n) is 4.11. The van der Waals surface area contributed by atoms with Crippen LogP contribution in [0.2, 0.25) is 0 Å². The molecule has 1 atom stereocenters. The summed E-state index contributed by atoms with van der Waals surface area (Å²) in [4.78, 5) is 12.2. The molecule has 25 heavy (non-hydrogen) atoms. The van der Waals surface area contributed by atoms with E-state index in [4.69, 9.17) is 9.47 Å². The molecule has 3 heterocycles. The van der Waals surface area contributed by atoms with E-state index in [1.807, 2.05) is 0 Å². The van der Waals surface area contributed by atoms with Gasteiger partial charge in [-0.1, -0.05) is 0 Å². The average Bonchev–Trinajstić information content (AvgIpc) is 2.95. The zero-order chi connectivity index (χ0) is 18.0. The van der Waals surface area contributed by atoms with Gasteiger partial charge in [0.15, 0.2) is 5.03 Å². The molecule has 0 bridgehead atoms. The molecule has 0 spiro atoms. The standard InChI is InChI=1S/C15H21N5O4S/c1-11-17-14(10-19(11)2)25(21,22)20-8-4-5-12(9-20)24-13-6-7-16-15(18-13)23-3/h6-7,10,12H,4-5,8-9H2,1-3H3. The minimum atomic E-state index is -3.64. The van der Waals surface area contributed by atoms with Crippen LogP contribution in [0.25, 0.3) is 0 Å². The summed E-state index contributed by atoms with van der Waals surface area (Å²) in [5.41, 5.74) is 0. The summed E-state index contributed by atoms with van der Waals surface area (Å²) in [6.07, 6.45) is 4.24. The van der Waals surface area contributed by atoms with Crippen LogP contribution in [0.15, 0.2) is 23.5 Å². The number of piperidine rings is 1. The van der Waals surface area contributed by atoms with Crippen LogP contribution in [0.1, 0.15) is 18.7 Å². The first-order valence-electron chi connectivity index (χ1n) is 7.94. The number of nitrogens with zero attached hydrogens (tertiary/aromatic N) is 5. The van der Waals surface area contributed by atoms with Crippen molar-refractivity contribution in [2.75, 3.05) is 20.2 Å². The molecule has 0 aromatic carbocycles. The van der Waals surface area contributed by atoms with Crippen molar-refractivity contribution in [3.8, 4) is 11.9 Å². The molecule has 1 aliphatic heterocycles. The van der Waals surface area contributed by atoms with Crippen molar-refractivity contribution in [3.63, 3.8) is 0 Å². The Morgan fingerprint density at radius 1 is 1.32 bits per heavy atom. The molecule has 2 aromatic rings. The monoisotopic (exact) mass is 367 g/mol. The van der Waals surface area contributed by atoms with Gasteiger partial charge in [0.1, 0.15) is 11.9 Å². The summed E-state index contributed by atoms with van der Waals surface area (Å²) in [5, 5.41) is 0.0665. The smallest absolute Gasteiger partial charge is 0.319 e. The molecule has 136 valence electrons. The molecule has 1 fully saturated rings. The summed E-state index contributed by atoms with van der Waals surface area (Å²) < 4.78 is 39.5. The van der Waals surface area contributed by atoms with E-state index >= 15 is 0 Å². The first-order valence-corrected chi connectivity index (χ1v) is 9.38. The Hall–Kier alpha value is -2.20. The fraction of sp³-hybridized carbons (Fsp3) is 0.533. The van der Waals surface area contributed by atoms with Crippen LogP contribution in [-0.2, 0) is 17.1 Å². The van der Waals surface area contributed by atoms with Crippen LogP contribution in [0.4, 0.5) is 0 Å². The molecule has 1 saturated heterocycles. The molecular weight excluding hydrogens is 346 g/mol. The fourth-order valence-corrected chi connectivity index (χ4v) is 4.20. The second-order valence-electron chi connectivity index (χ2n) is 5.86. The number of rotatable bonds is 5. The predicted octanol–water partition coefficient (Wildman–Crippen LogP) is 0.759. The number of sulfonamides is 1. The normalized spacial score (nSPS) is 18.9. The van der Waals surface area contributed by atoms with Crippen LogP contribution in [0.5, 0.6) is 11.9 Å². The number of ether oxygens (including phenoxy) is 2. The van der Waals surface area contributed by atoms with E-state index in [1.54, 1.807) is 24.6 Å². The summed E-state index contributed by atoms with van der Waals surface area (Å²) in [6.45, 7) is 2.47. The first-order chi connectivity index (χ1) is 11.9. The molecule has 1 aliphatic rings. The molecular formula is C15H21N5O4S. The minimum Gasteiger partial charge on any atom is -0.473 e. The van der Waals surface area contributed by atoms with Crippen molar-refractivity contribution in [1.82, 2.24) is 23.8 Å². The summed E-state index contributed by atoms with van der Waals surface area (Å²) >= 11 is 0. The lowest BCUT2D eigenvalue weighted by Gasteiger charge is -2.31. The lowest BCUT2D eigenvalue weighted by molar-refractivity contribution is 0.123. The van der Waals surface area contributed by atoms with Crippen LogP contribution in [-0.4, -0.2) is 58.5 Å². The van der Waals surface area contributed by atoms with Gasteiger partial charge in [0.05, 0.1) is 13.7 Å². The van der Waals surface area contributed by atoms with E-state index in [0.717, 1.165) is 6.42 Å². The third kappa shape index (κ3) is 3.74. The number of hydrogen-bond donors (Lipinski definition) is 0. The average molecular weight is 367 g/mol. The summed E-state index contributed by atoms with van der Waals surface area (Å²) in [7, 11) is -0.393. The zero-order valence-corrected chi connectivity index (χ0v) is 15.2. The lowest BCUT2D eigenvalue weighted by atomic mass is 10.1. The number of aryl methyl sites for hydroxylation is 2. The topological polar surface area (TPSA) is 99.4 Å². The summed E-state index contributed by atoms with van der Waals surface area (Å²) in [5.74, 6) is 1.02. The molecule has 1 unspecified atom stereocenters. The highest BCUT2D eigenvalue weighted by Crippen LogP contribution is 2.23. The maximum Gasteiger partial charge on any atom is 0.319 e. The highest BCUT2D eigenvalue weighted by atomic mass is 32.2. The maximum atomic E-state index is 12.8. The van der Waals surface area contributed by atoms with Gasteiger partial charge in [0.2, 0.25) is 5.88 Å². The Kier molecular flexibility index (Phi) is 4.91. The van der Waals surface area contributed by atoms with E-state index in [-0.39, 0.29) is 23.7 Å². The molecule has 10 heteroatoms. The van der Waals surface area contributed by atoms with Crippen molar-refractivity contribution in [3.05, 3.63) is 24.3 Å². The van der Waals surface area contributed by atoms with Crippen molar-refractivity contribution in [2.45, 2.75) is 30.9 Å². The highest BCUT2D eigenvalue weighted by Gasteiger charge is 2.33. The zero-order valence-electron chi connectivity index (χ0n) is 14.4. The van der Waals surface area contributed by atoms with Gasteiger partial charge in [0, 0.05) is 32.1 Å². The van der Waals surface area contributed by atoms with E-state index < -0.39 is 10.0 Å². The third-order valence-corrected chi connectivity index (χ3v) is 5.85.